The Bertz CT molecular complexity index is 478. The number of anilines is 1. The monoisotopic (exact) mass is 288 g/mol. The summed E-state index contributed by atoms with van der Waals surface area (Å²) >= 11 is 0. The first-order valence-electron chi connectivity index (χ1n) is 8.19. The lowest BCUT2D eigenvalue weighted by Crippen LogP contribution is -2.43. The van der Waals surface area contributed by atoms with E-state index in [1.165, 1.54) is 19.3 Å². The van der Waals surface area contributed by atoms with Crippen LogP contribution in [0.1, 0.15) is 57.9 Å². The summed E-state index contributed by atoms with van der Waals surface area (Å²) in [6.07, 6.45) is 6.65. The zero-order valence-corrected chi connectivity index (χ0v) is 13.4. The highest BCUT2D eigenvalue weighted by atomic mass is 16.2. The van der Waals surface area contributed by atoms with Gasteiger partial charge in [0, 0.05) is 24.2 Å². The van der Waals surface area contributed by atoms with Crippen LogP contribution in [-0.2, 0) is 11.3 Å². The van der Waals surface area contributed by atoms with Gasteiger partial charge in [0.25, 0.3) is 0 Å². The van der Waals surface area contributed by atoms with Crippen molar-refractivity contribution >= 4 is 11.6 Å². The molecule has 1 aliphatic carbocycles. The first-order valence-corrected chi connectivity index (χ1v) is 8.19. The molecule has 1 fully saturated rings. The van der Waals surface area contributed by atoms with Gasteiger partial charge in [-0.1, -0.05) is 51.3 Å². The number of para-hydroxylation sites is 1. The lowest BCUT2D eigenvalue weighted by Gasteiger charge is -2.37. The van der Waals surface area contributed by atoms with Crippen molar-refractivity contribution in [2.45, 2.75) is 58.9 Å². The Labute approximate surface area is 128 Å². The minimum Gasteiger partial charge on any atom is -0.398 e. The van der Waals surface area contributed by atoms with E-state index < -0.39 is 0 Å². The van der Waals surface area contributed by atoms with Gasteiger partial charge >= 0.3 is 0 Å². The maximum Gasteiger partial charge on any atom is 0.228 e. The van der Waals surface area contributed by atoms with E-state index >= 15 is 0 Å². The molecule has 2 N–H and O–H groups in total. The summed E-state index contributed by atoms with van der Waals surface area (Å²) in [5, 5.41) is 0. The Balaban J connectivity index is 2.14. The van der Waals surface area contributed by atoms with Crippen molar-refractivity contribution in [1.82, 2.24) is 4.90 Å². The van der Waals surface area contributed by atoms with Crippen molar-refractivity contribution in [1.29, 1.82) is 0 Å². The summed E-state index contributed by atoms with van der Waals surface area (Å²) in [4.78, 5) is 15.0. The van der Waals surface area contributed by atoms with Gasteiger partial charge in [0.15, 0.2) is 0 Å². The van der Waals surface area contributed by atoms with Crippen LogP contribution in [0.3, 0.4) is 0 Å². The Hall–Kier alpha value is -1.51. The molecule has 0 aromatic heterocycles. The van der Waals surface area contributed by atoms with Crippen LogP contribution in [0.4, 0.5) is 5.69 Å². The van der Waals surface area contributed by atoms with Crippen LogP contribution in [0.5, 0.6) is 0 Å². The van der Waals surface area contributed by atoms with Gasteiger partial charge in [0.2, 0.25) is 5.91 Å². The van der Waals surface area contributed by atoms with Crippen molar-refractivity contribution < 1.29 is 4.79 Å². The maximum atomic E-state index is 13.0. The molecule has 0 atom stereocenters. The molecule has 0 bridgehead atoms. The molecule has 0 heterocycles. The van der Waals surface area contributed by atoms with Crippen LogP contribution in [-0.4, -0.2) is 17.4 Å². The van der Waals surface area contributed by atoms with Gasteiger partial charge in [-0.05, 0) is 30.9 Å². The van der Waals surface area contributed by atoms with E-state index in [-0.39, 0.29) is 5.41 Å². The third-order valence-electron chi connectivity index (χ3n) is 4.67. The molecule has 0 aliphatic heterocycles. The summed E-state index contributed by atoms with van der Waals surface area (Å²) in [7, 11) is 0. The summed E-state index contributed by atoms with van der Waals surface area (Å²) < 4.78 is 0. The zero-order valence-electron chi connectivity index (χ0n) is 13.4. The molecule has 1 saturated carbocycles. The topological polar surface area (TPSA) is 46.3 Å². The number of carbonyl (C=O) groups excluding carboxylic acids is 1. The number of nitrogens with zero attached hydrogens (tertiary/aromatic N) is 1. The predicted molar refractivity (Wildman–Crippen MR) is 87.8 cm³/mol. The number of carbonyl (C=O) groups is 1. The number of nitrogen functional groups attached to an aromatic ring is 1. The first kappa shape index (κ1) is 15.9. The SMILES string of the molecule is CCCN(Cc1ccccc1N)C(=O)C1(C)CCCCC1. The van der Waals surface area contributed by atoms with Crippen LogP contribution >= 0.6 is 0 Å². The van der Waals surface area contributed by atoms with E-state index in [1.807, 2.05) is 29.2 Å². The lowest BCUT2D eigenvalue weighted by atomic mass is 9.74. The fraction of sp³-hybridized carbons (Fsp3) is 0.611. The van der Waals surface area contributed by atoms with Gasteiger partial charge < -0.3 is 10.6 Å². The van der Waals surface area contributed by atoms with E-state index in [0.717, 1.165) is 37.1 Å². The van der Waals surface area contributed by atoms with E-state index in [9.17, 15) is 4.79 Å². The second kappa shape index (κ2) is 6.97. The number of nitrogens with two attached hydrogens (primary N) is 1. The van der Waals surface area contributed by atoms with Crippen LogP contribution in [0.15, 0.2) is 24.3 Å². The number of hydrogen-bond acceptors (Lipinski definition) is 2. The molecule has 3 nitrogen and oxygen atoms in total. The largest absolute Gasteiger partial charge is 0.398 e. The first-order chi connectivity index (χ1) is 10.1. The van der Waals surface area contributed by atoms with E-state index in [1.54, 1.807) is 0 Å². The highest BCUT2D eigenvalue weighted by Gasteiger charge is 2.37. The molecule has 0 radical (unpaired) electrons. The fourth-order valence-corrected chi connectivity index (χ4v) is 3.33. The summed E-state index contributed by atoms with van der Waals surface area (Å²) in [6, 6.07) is 7.86. The molecule has 1 aromatic rings. The molecule has 3 heteroatoms. The van der Waals surface area contributed by atoms with Crippen LogP contribution in [0.2, 0.25) is 0 Å². The third-order valence-corrected chi connectivity index (χ3v) is 4.67. The summed E-state index contributed by atoms with van der Waals surface area (Å²) in [5.74, 6) is 0.312. The number of amides is 1. The van der Waals surface area contributed by atoms with Crippen LogP contribution in [0, 0.1) is 5.41 Å². The summed E-state index contributed by atoms with van der Waals surface area (Å²) in [6.45, 7) is 5.71. The quantitative estimate of drug-likeness (QED) is 0.833. The summed E-state index contributed by atoms with van der Waals surface area (Å²) in [5.41, 5.74) is 7.70. The second-order valence-electron chi connectivity index (χ2n) is 6.55. The van der Waals surface area contributed by atoms with Crippen molar-refractivity contribution in [3.8, 4) is 0 Å². The van der Waals surface area contributed by atoms with Gasteiger partial charge in [0.05, 0.1) is 0 Å². The third kappa shape index (κ3) is 3.78. The average molecular weight is 288 g/mol. The van der Waals surface area contributed by atoms with Gasteiger partial charge in [-0.2, -0.15) is 0 Å². The molecular formula is C18H28N2O. The molecule has 0 spiro atoms. The molecule has 116 valence electrons. The Morgan fingerprint density at radius 1 is 1.24 bits per heavy atom. The minimum absolute atomic E-state index is 0.170. The Kier molecular flexibility index (Phi) is 5.27. The second-order valence-corrected chi connectivity index (χ2v) is 6.55. The standard InChI is InChI=1S/C18H28N2O/c1-3-13-20(14-15-9-5-6-10-16(15)19)17(21)18(2)11-7-4-8-12-18/h5-6,9-10H,3-4,7-8,11-14,19H2,1-2H3. The van der Waals surface area contributed by atoms with Gasteiger partial charge in [-0.25, -0.2) is 0 Å². The van der Waals surface area contributed by atoms with Gasteiger partial charge in [-0.3, -0.25) is 4.79 Å². The van der Waals surface area contributed by atoms with Crippen LogP contribution < -0.4 is 5.73 Å². The van der Waals surface area contributed by atoms with E-state index in [2.05, 4.69) is 13.8 Å². The van der Waals surface area contributed by atoms with Crippen molar-refractivity contribution in [3.63, 3.8) is 0 Å². The molecule has 2 rings (SSSR count). The molecule has 0 saturated heterocycles. The van der Waals surface area contributed by atoms with Crippen LogP contribution in [0.25, 0.3) is 0 Å². The van der Waals surface area contributed by atoms with Gasteiger partial charge in [0.1, 0.15) is 0 Å². The van der Waals surface area contributed by atoms with E-state index in [4.69, 9.17) is 5.73 Å². The van der Waals surface area contributed by atoms with Crippen molar-refractivity contribution in [2.75, 3.05) is 12.3 Å². The van der Waals surface area contributed by atoms with Crippen molar-refractivity contribution in [3.05, 3.63) is 29.8 Å². The predicted octanol–water partition coefficient (Wildman–Crippen LogP) is 3.98. The highest BCUT2D eigenvalue weighted by Crippen LogP contribution is 2.37. The fourth-order valence-electron chi connectivity index (χ4n) is 3.33. The average Bonchev–Trinajstić information content (AvgIpc) is 2.49. The number of hydrogen-bond donors (Lipinski definition) is 1. The molecular weight excluding hydrogens is 260 g/mol. The minimum atomic E-state index is -0.170. The Morgan fingerprint density at radius 2 is 1.90 bits per heavy atom. The van der Waals surface area contributed by atoms with Gasteiger partial charge in [-0.15, -0.1) is 0 Å². The highest BCUT2D eigenvalue weighted by molar-refractivity contribution is 5.82. The smallest absolute Gasteiger partial charge is 0.228 e. The number of benzene rings is 1. The van der Waals surface area contributed by atoms with Crippen molar-refractivity contribution in [2.24, 2.45) is 5.41 Å². The molecule has 0 unspecified atom stereocenters. The normalized spacial score (nSPS) is 17.4. The zero-order chi connectivity index (χ0) is 15.3. The molecule has 1 aromatic carbocycles. The molecule has 21 heavy (non-hydrogen) atoms. The lowest BCUT2D eigenvalue weighted by molar-refractivity contribution is -0.143. The van der Waals surface area contributed by atoms with E-state index in [0.29, 0.717) is 12.5 Å². The Morgan fingerprint density at radius 3 is 2.52 bits per heavy atom. The number of rotatable bonds is 5. The molecule has 1 aliphatic rings. The maximum absolute atomic E-state index is 13.0. The molecule has 1 amide bonds.